The van der Waals surface area contributed by atoms with Crippen LogP contribution in [-0.2, 0) is 6.54 Å². The fourth-order valence-electron chi connectivity index (χ4n) is 1.70. The van der Waals surface area contributed by atoms with Crippen LogP contribution in [0, 0.1) is 12.3 Å². The maximum atomic E-state index is 11.8. The molecule has 0 radical (unpaired) electrons. The summed E-state index contributed by atoms with van der Waals surface area (Å²) in [5, 5.41) is 3.85. The monoisotopic (exact) mass is 273 g/mol. The van der Waals surface area contributed by atoms with E-state index < -0.39 is 0 Å². The highest BCUT2D eigenvalue weighted by molar-refractivity contribution is 7.99. The summed E-state index contributed by atoms with van der Waals surface area (Å²) in [6.07, 6.45) is 5.16. The molecule has 0 fully saturated rings. The Balaban J connectivity index is 1.95. The molecule has 4 nitrogen and oxygen atoms in total. The zero-order chi connectivity index (χ0) is 13.5. The highest BCUT2D eigenvalue weighted by Crippen LogP contribution is 2.05. The molecule has 0 aliphatic heterocycles. The Morgan fingerprint density at radius 2 is 2.26 bits per heavy atom. The average Bonchev–Trinajstić information content (AvgIpc) is 2.43. The van der Waals surface area contributed by atoms with E-state index in [-0.39, 0.29) is 5.56 Å². The summed E-state index contributed by atoms with van der Waals surface area (Å²) in [5.74, 6) is 4.91. The molecule has 0 amide bonds. The first-order valence-corrected chi connectivity index (χ1v) is 7.16. The third-order valence-electron chi connectivity index (χ3n) is 2.56. The van der Waals surface area contributed by atoms with Gasteiger partial charge in [-0.3, -0.25) is 4.79 Å². The van der Waals surface area contributed by atoms with E-state index in [1.54, 1.807) is 17.8 Å². The lowest BCUT2D eigenvalue weighted by Crippen LogP contribution is -2.21. The van der Waals surface area contributed by atoms with Gasteiger partial charge in [-0.1, -0.05) is 18.1 Å². The molecule has 0 unspecified atom stereocenters. The van der Waals surface area contributed by atoms with Crippen molar-refractivity contribution in [1.82, 2.24) is 15.3 Å². The lowest BCUT2D eigenvalue weighted by atomic mass is 10.2. The third-order valence-corrected chi connectivity index (χ3v) is 3.43. The fourth-order valence-corrected chi connectivity index (χ4v) is 2.25. The second-order valence-corrected chi connectivity index (χ2v) is 5.07. The number of terminal acetylenes is 1. The molecule has 0 spiro atoms. The number of thioether (sulfide) groups is 1. The number of benzene rings is 1. The van der Waals surface area contributed by atoms with Gasteiger partial charge in [0.25, 0.3) is 5.56 Å². The van der Waals surface area contributed by atoms with Crippen LogP contribution in [0.5, 0.6) is 0 Å². The molecular formula is C14H15N3OS. The molecule has 0 bridgehead atoms. The Labute approximate surface area is 116 Å². The maximum absolute atomic E-state index is 11.8. The van der Waals surface area contributed by atoms with Gasteiger partial charge in [-0.25, -0.2) is 4.98 Å². The summed E-state index contributed by atoms with van der Waals surface area (Å²) in [5.41, 5.74) is 0.633. The van der Waals surface area contributed by atoms with Gasteiger partial charge in [0.2, 0.25) is 0 Å². The molecule has 98 valence electrons. The van der Waals surface area contributed by atoms with Crippen LogP contribution in [0.15, 0.2) is 29.1 Å². The summed E-state index contributed by atoms with van der Waals surface area (Å²) >= 11 is 1.70. The molecule has 2 N–H and O–H groups in total. The predicted molar refractivity (Wildman–Crippen MR) is 80.2 cm³/mol. The van der Waals surface area contributed by atoms with E-state index in [9.17, 15) is 4.79 Å². The Bertz CT molecular complexity index is 645. The first-order valence-electron chi connectivity index (χ1n) is 6.01. The smallest absolute Gasteiger partial charge is 0.258 e. The average molecular weight is 273 g/mol. The van der Waals surface area contributed by atoms with Crippen molar-refractivity contribution in [2.24, 2.45) is 0 Å². The first-order chi connectivity index (χ1) is 9.31. The van der Waals surface area contributed by atoms with Crippen molar-refractivity contribution in [3.05, 3.63) is 40.4 Å². The third kappa shape index (κ3) is 3.85. The van der Waals surface area contributed by atoms with Gasteiger partial charge >= 0.3 is 0 Å². The molecule has 1 aromatic heterocycles. The molecule has 5 heteroatoms. The van der Waals surface area contributed by atoms with Crippen molar-refractivity contribution < 1.29 is 0 Å². The standard InChI is InChI=1S/C14H15N3OS/c1-2-8-19-9-7-15-10-13-16-12-6-4-3-5-11(12)14(18)17-13/h1,3-6,15H,7-10H2,(H,16,17,18). The quantitative estimate of drug-likeness (QED) is 0.616. The van der Waals surface area contributed by atoms with E-state index >= 15 is 0 Å². The summed E-state index contributed by atoms with van der Waals surface area (Å²) in [6, 6.07) is 7.33. The zero-order valence-electron chi connectivity index (χ0n) is 10.5. The summed E-state index contributed by atoms with van der Waals surface area (Å²) < 4.78 is 0. The summed E-state index contributed by atoms with van der Waals surface area (Å²) in [4.78, 5) is 19.0. The van der Waals surface area contributed by atoms with Gasteiger partial charge in [0.1, 0.15) is 5.82 Å². The van der Waals surface area contributed by atoms with Crippen LogP contribution in [0.3, 0.4) is 0 Å². The lowest BCUT2D eigenvalue weighted by Gasteiger charge is -2.04. The molecule has 1 heterocycles. The van der Waals surface area contributed by atoms with E-state index in [0.717, 1.165) is 23.6 Å². The van der Waals surface area contributed by atoms with Crippen molar-refractivity contribution in [2.45, 2.75) is 6.54 Å². The number of H-pyrrole nitrogens is 1. The number of para-hydroxylation sites is 1. The van der Waals surface area contributed by atoms with Gasteiger partial charge < -0.3 is 10.3 Å². The van der Waals surface area contributed by atoms with E-state index in [0.29, 0.717) is 17.8 Å². The van der Waals surface area contributed by atoms with Gasteiger partial charge in [0.15, 0.2) is 0 Å². The highest BCUT2D eigenvalue weighted by Gasteiger charge is 2.02. The molecular weight excluding hydrogens is 258 g/mol. The minimum Gasteiger partial charge on any atom is -0.309 e. The highest BCUT2D eigenvalue weighted by atomic mass is 32.2. The minimum atomic E-state index is -0.0934. The Kier molecular flexibility index (Phi) is 5.01. The number of aromatic nitrogens is 2. The van der Waals surface area contributed by atoms with Crippen LogP contribution in [-0.4, -0.2) is 28.0 Å². The molecule has 1 aromatic carbocycles. The van der Waals surface area contributed by atoms with Gasteiger partial charge in [0, 0.05) is 12.3 Å². The number of hydrogen-bond acceptors (Lipinski definition) is 4. The molecule has 2 rings (SSSR count). The predicted octanol–water partition coefficient (Wildman–Crippen LogP) is 1.38. The normalized spacial score (nSPS) is 10.5. The molecule has 0 saturated heterocycles. The van der Waals surface area contributed by atoms with E-state index in [1.165, 1.54) is 0 Å². The largest absolute Gasteiger partial charge is 0.309 e. The fraction of sp³-hybridized carbons (Fsp3) is 0.286. The minimum absolute atomic E-state index is 0.0934. The van der Waals surface area contributed by atoms with Crippen molar-refractivity contribution in [3.63, 3.8) is 0 Å². The van der Waals surface area contributed by atoms with E-state index in [2.05, 4.69) is 21.2 Å². The molecule has 0 aliphatic rings. The maximum Gasteiger partial charge on any atom is 0.258 e. The van der Waals surface area contributed by atoms with Crippen molar-refractivity contribution in [2.75, 3.05) is 18.1 Å². The van der Waals surface area contributed by atoms with Crippen molar-refractivity contribution in [3.8, 4) is 12.3 Å². The molecule has 0 aliphatic carbocycles. The van der Waals surface area contributed by atoms with Gasteiger partial charge in [-0.05, 0) is 12.1 Å². The summed E-state index contributed by atoms with van der Waals surface area (Å²) in [6.45, 7) is 1.39. The number of aromatic amines is 1. The van der Waals surface area contributed by atoms with Crippen LogP contribution in [0.25, 0.3) is 10.9 Å². The number of hydrogen-bond donors (Lipinski definition) is 2. The van der Waals surface area contributed by atoms with Crippen LogP contribution in [0.2, 0.25) is 0 Å². The van der Waals surface area contributed by atoms with Crippen molar-refractivity contribution >= 4 is 22.7 Å². The lowest BCUT2D eigenvalue weighted by molar-refractivity contribution is 0.695. The van der Waals surface area contributed by atoms with Crippen LogP contribution >= 0.6 is 11.8 Å². The first kappa shape index (κ1) is 13.7. The SMILES string of the molecule is C#CCSCCNCc1nc2ccccc2c(=O)[nH]1. The zero-order valence-corrected chi connectivity index (χ0v) is 11.3. The number of nitrogens with one attached hydrogen (secondary N) is 2. The van der Waals surface area contributed by atoms with Crippen LogP contribution in [0.1, 0.15) is 5.82 Å². The van der Waals surface area contributed by atoms with Crippen molar-refractivity contribution in [1.29, 1.82) is 0 Å². The van der Waals surface area contributed by atoms with Crippen LogP contribution < -0.4 is 10.9 Å². The topological polar surface area (TPSA) is 57.8 Å². The Morgan fingerprint density at radius 1 is 1.42 bits per heavy atom. The molecule has 2 aromatic rings. The molecule has 0 atom stereocenters. The molecule has 0 saturated carbocycles. The van der Waals surface area contributed by atoms with Crippen LogP contribution in [0.4, 0.5) is 0 Å². The Hall–Kier alpha value is -1.77. The van der Waals surface area contributed by atoms with Gasteiger partial charge in [-0.15, -0.1) is 18.2 Å². The second-order valence-electron chi connectivity index (χ2n) is 3.96. The number of nitrogens with zero attached hydrogens (tertiary/aromatic N) is 1. The number of fused-ring (bicyclic) bond motifs is 1. The van der Waals surface area contributed by atoms with Gasteiger partial charge in [0.05, 0.1) is 23.2 Å². The Morgan fingerprint density at radius 3 is 3.11 bits per heavy atom. The number of rotatable bonds is 6. The van der Waals surface area contributed by atoms with E-state index in [4.69, 9.17) is 6.42 Å². The van der Waals surface area contributed by atoms with E-state index in [1.807, 2.05) is 18.2 Å². The molecule has 19 heavy (non-hydrogen) atoms. The van der Waals surface area contributed by atoms with Gasteiger partial charge in [-0.2, -0.15) is 0 Å². The summed E-state index contributed by atoms with van der Waals surface area (Å²) in [7, 11) is 0. The second kappa shape index (κ2) is 6.98.